The second-order valence-electron chi connectivity index (χ2n) is 9.61. The van der Waals surface area contributed by atoms with Crippen LogP contribution in [0.15, 0.2) is 83.9 Å². The zero-order chi connectivity index (χ0) is 29.2. The van der Waals surface area contributed by atoms with Gasteiger partial charge < -0.3 is 23.7 Å². The minimum atomic E-state index is -4.22. The first kappa shape index (κ1) is 29.7. The van der Waals surface area contributed by atoms with E-state index in [4.69, 9.17) is 23.7 Å². The number of hydrogen-bond donors (Lipinski definition) is 1. The van der Waals surface area contributed by atoms with Gasteiger partial charge in [0.2, 0.25) is 5.52 Å². The van der Waals surface area contributed by atoms with E-state index in [1.807, 2.05) is 48.7 Å². The molecule has 0 unspecified atom stereocenters. The lowest BCUT2D eigenvalue weighted by Gasteiger charge is -2.13. The quantitative estimate of drug-likeness (QED) is 0.269. The van der Waals surface area contributed by atoms with Gasteiger partial charge in [-0.25, -0.2) is 0 Å². The molecule has 10 heteroatoms. The van der Waals surface area contributed by atoms with Crippen LogP contribution in [0.25, 0.3) is 23.1 Å². The van der Waals surface area contributed by atoms with Gasteiger partial charge in [0.25, 0.3) is 10.1 Å². The Labute approximate surface area is 245 Å². The predicted octanol–water partition coefficient (Wildman–Crippen LogP) is 4.41. The van der Waals surface area contributed by atoms with Crippen molar-refractivity contribution in [2.75, 3.05) is 52.9 Å². The van der Waals surface area contributed by atoms with Crippen molar-refractivity contribution in [3.63, 3.8) is 0 Å². The fourth-order valence-electron chi connectivity index (χ4n) is 4.56. The van der Waals surface area contributed by atoms with Crippen molar-refractivity contribution >= 4 is 33.2 Å². The Bertz CT molecular complexity index is 1620. The van der Waals surface area contributed by atoms with Gasteiger partial charge >= 0.3 is 0 Å². The van der Waals surface area contributed by atoms with Gasteiger partial charge in [0.15, 0.2) is 24.2 Å². The molecule has 1 aromatic heterocycles. The van der Waals surface area contributed by atoms with Gasteiger partial charge in [0.1, 0.15) is 13.2 Å². The molecular weight excluding hydrogens is 558 g/mol. The third-order valence-corrected chi connectivity index (χ3v) is 7.54. The SMILES string of the molecule is O=S(=O)(O)c1ccc(C[n+]2ccc(/C=C\c3ccc4c(c3)OCCOCCOCCOCCO4)c3ccccc32)cc1. The van der Waals surface area contributed by atoms with E-state index >= 15 is 0 Å². The molecule has 220 valence electrons. The molecule has 3 aromatic carbocycles. The van der Waals surface area contributed by atoms with E-state index in [9.17, 15) is 13.0 Å². The molecule has 0 bridgehead atoms. The first-order chi connectivity index (χ1) is 20.5. The number of rotatable bonds is 5. The second-order valence-corrected chi connectivity index (χ2v) is 11.0. The topological polar surface area (TPSA) is 104 Å². The minimum absolute atomic E-state index is 0.123. The highest BCUT2D eigenvalue weighted by molar-refractivity contribution is 7.85. The average molecular weight is 593 g/mol. The van der Waals surface area contributed by atoms with Crippen LogP contribution < -0.4 is 14.0 Å². The van der Waals surface area contributed by atoms with Crippen molar-refractivity contribution < 1.29 is 41.2 Å². The molecule has 0 fully saturated rings. The van der Waals surface area contributed by atoms with Gasteiger partial charge in [-0.15, -0.1) is 0 Å². The lowest BCUT2D eigenvalue weighted by Crippen LogP contribution is -2.34. The summed E-state index contributed by atoms with van der Waals surface area (Å²) in [6, 6.07) is 22.2. The smallest absolute Gasteiger partial charge is 0.294 e. The molecule has 0 radical (unpaired) electrons. The molecule has 0 amide bonds. The van der Waals surface area contributed by atoms with E-state index in [0.717, 1.165) is 27.6 Å². The van der Waals surface area contributed by atoms with E-state index in [2.05, 4.69) is 22.8 Å². The molecule has 0 saturated heterocycles. The van der Waals surface area contributed by atoms with Gasteiger partial charge in [0, 0.05) is 17.7 Å². The van der Waals surface area contributed by atoms with Crippen molar-refractivity contribution in [3.05, 3.63) is 95.7 Å². The van der Waals surface area contributed by atoms with Crippen LogP contribution in [-0.2, 0) is 30.9 Å². The van der Waals surface area contributed by atoms with Crippen molar-refractivity contribution in [2.45, 2.75) is 11.4 Å². The molecule has 2 heterocycles. The highest BCUT2D eigenvalue weighted by Crippen LogP contribution is 2.30. The van der Waals surface area contributed by atoms with E-state index in [-0.39, 0.29) is 4.90 Å². The van der Waals surface area contributed by atoms with E-state index in [0.29, 0.717) is 70.9 Å². The molecule has 0 atom stereocenters. The number of para-hydroxylation sites is 1. The standard InChI is InChI=1S/C32H33NO8S/c34-42(35,36)28-10-6-26(7-11-28)24-33-14-13-27(29-3-1-2-4-30(29)33)9-5-25-8-12-31-32(23-25)41-22-20-39-18-16-37-15-17-38-19-21-40-31/h1-14,23H,15-22,24H2/p+1/b9-5-. The Morgan fingerprint density at radius 1 is 0.714 bits per heavy atom. The normalized spacial score (nSPS) is 15.7. The van der Waals surface area contributed by atoms with Crippen LogP contribution in [-0.4, -0.2) is 65.8 Å². The number of ether oxygens (including phenoxy) is 5. The minimum Gasteiger partial charge on any atom is -0.487 e. The lowest BCUT2D eigenvalue weighted by molar-refractivity contribution is -0.662. The Kier molecular flexibility index (Phi) is 10.2. The summed E-state index contributed by atoms with van der Waals surface area (Å²) in [5.74, 6) is 1.29. The Morgan fingerprint density at radius 2 is 1.36 bits per heavy atom. The van der Waals surface area contributed by atoms with E-state index in [1.54, 1.807) is 12.1 Å². The Morgan fingerprint density at radius 3 is 2.05 bits per heavy atom. The molecule has 0 saturated carbocycles. The van der Waals surface area contributed by atoms with Crippen LogP contribution in [0.4, 0.5) is 0 Å². The van der Waals surface area contributed by atoms with Gasteiger partial charge in [-0.2, -0.15) is 13.0 Å². The lowest BCUT2D eigenvalue weighted by atomic mass is 10.1. The second kappa shape index (κ2) is 14.4. The van der Waals surface area contributed by atoms with Crippen LogP contribution in [0, 0.1) is 0 Å². The molecule has 0 spiro atoms. The monoisotopic (exact) mass is 592 g/mol. The maximum Gasteiger partial charge on any atom is 0.294 e. The molecule has 1 aliphatic rings. The summed E-state index contributed by atoms with van der Waals surface area (Å²) in [5, 5.41) is 1.07. The van der Waals surface area contributed by atoms with Crippen LogP contribution in [0.1, 0.15) is 16.7 Å². The van der Waals surface area contributed by atoms with Crippen molar-refractivity contribution in [1.82, 2.24) is 0 Å². The zero-order valence-electron chi connectivity index (χ0n) is 23.2. The maximum atomic E-state index is 11.4. The number of hydrogen-bond acceptors (Lipinski definition) is 7. The number of pyridine rings is 1. The summed E-state index contributed by atoms with van der Waals surface area (Å²) in [7, 11) is -4.22. The van der Waals surface area contributed by atoms with Crippen molar-refractivity contribution in [1.29, 1.82) is 0 Å². The molecule has 1 aliphatic heterocycles. The third kappa shape index (κ3) is 8.15. The summed E-state index contributed by atoms with van der Waals surface area (Å²) in [4.78, 5) is -0.123. The van der Waals surface area contributed by atoms with Crippen molar-refractivity contribution in [2.24, 2.45) is 0 Å². The molecule has 4 aromatic rings. The van der Waals surface area contributed by atoms with E-state index < -0.39 is 10.1 Å². The highest BCUT2D eigenvalue weighted by Gasteiger charge is 2.14. The summed E-state index contributed by atoms with van der Waals surface area (Å²) in [6.07, 6.45) is 6.12. The van der Waals surface area contributed by atoms with Gasteiger partial charge in [-0.05, 0) is 41.5 Å². The summed E-state index contributed by atoms with van der Waals surface area (Å²) in [6.45, 7) is 4.29. The molecule has 9 nitrogen and oxygen atoms in total. The van der Waals surface area contributed by atoms with Crippen LogP contribution in [0.3, 0.4) is 0 Å². The fourth-order valence-corrected chi connectivity index (χ4v) is 5.04. The molecule has 5 rings (SSSR count). The number of nitrogens with zero attached hydrogens (tertiary/aromatic N) is 1. The van der Waals surface area contributed by atoms with Gasteiger partial charge in [-0.3, -0.25) is 4.55 Å². The largest absolute Gasteiger partial charge is 0.487 e. The van der Waals surface area contributed by atoms with Gasteiger partial charge in [-0.1, -0.05) is 42.5 Å². The Hall–Kier alpha value is -3.80. The third-order valence-electron chi connectivity index (χ3n) is 6.67. The number of fused-ring (bicyclic) bond motifs is 2. The molecular formula is C32H34NO8S+. The van der Waals surface area contributed by atoms with Crippen LogP contribution in [0.5, 0.6) is 11.5 Å². The summed E-state index contributed by atoms with van der Waals surface area (Å²) >= 11 is 0. The summed E-state index contributed by atoms with van der Waals surface area (Å²) in [5.41, 5.74) is 3.95. The molecule has 0 aliphatic carbocycles. The number of benzene rings is 3. The predicted molar refractivity (Wildman–Crippen MR) is 158 cm³/mol. The number of aromatic nitrogens is 1. The average Bonchev–Trinajstić information content (AvgIpc) is 3.00. The first-order valence-corrected chi connectivity index (χ1v) is 15.2. The van der Waals surface area contributed by atoms with Gasteiger partial charge in [0.05, 0.1) is 49.9 Å². The zero-order valence-corrected chi connectivity index (χ0v) is 24.0. The van der Waals surface area contributed by atoms with Crippen LogP contribution >= 0.6 is 0 Å². The first-order valence-electron chi connectivity index (χ1n) is 13.8. The van der Waals surface area contributed by atoms with Crippen LogP contribution in [0.2, 0.25) is 0 Å². The van der Waals surface area contributed by atoms with E-state index in [1.165, 1.54) is 12.1 Å². The fraction of sp³-hybridized carbons (Fsp3) is 0.281. The highest BCUT2D eigenvalue weighted by atomic mass is 32.2. The molecule has 1 N–H and O–H groups in total. The molecule has 42 heavy (non-hydrogen) atoms. The summed E-state index contributed by atoms with van der Waals surface area (Å²) < 4.78 is 62.6. The Balaban J connectivity index is 1.34. The maximum absolute atomic E-state index is 11.4. The van der Waals surface area contributed by atoms with Crippen molar-refractivity contribution in [3.8, 4) is 11.5 Å².